The summed E-state index contributed by atoms with van der Waals surface area (Å²) in [6.07, 6.45) is 0.982. The molecular formula is C12H17ClN2O2. The normalized spacial score (nSPS) is 10.2. The van der Waals surface area contributed by atoms with Crippen molar-refractivity contribution < 1.29 is 9.47 Å². The monoisotopic (exact) mass is 256 g/mol. The van der Waals surface area contributed by atoms with Crippen LogP contribution in [0.2, 0.25) is 5.02 Å². The predicted molar refractivity (Wildman–Crippen MR) is 69.1 cm³/mol. The zero-order valence-electron chi connectivity index (χ0n) is 9.83. The molecule has 1 aromatic carbocycles. The van der Waals surface area contributed by atoms with Crippen molar-refractivity contribution in [1.29, 1.82) is 5.41 Å². The third-order valence-corrected chi connectivity index (χ3v) is 2.39. The first kappa shape index (κ1) is 13.8. The van der Waals surface area contributed by atoms with E-state index in [4.69, 9.17) is 32.2 Å². The quantitative estimate of drug-likeness (QED) is 0.447. The summed E-state index contributed by atoms with van der Waals surface area (Å²) in [5.41, 5.74) is 5.89. The van der Waals surface area contributed by atoms with Crippen LogP contribution in [0.3, 0.4) is 0 Å². The molecule has 0 aliphatic carbocycles. The Labute approximate surface area is 106 Å². The molecule has 0 fully saturated rings. The van der Waals surface area contributed by atoms with Gasteiger partial charge < -0.3 is 15.2 Å². The lowest BCUT2D eigenvalue weighted by Gasteiger charge is -2.11. The number of halogens is 1. The standard InChI is InChI=1S/C12H17ClN2O2/c1-2-6-16-7-8-17-10-5-3-4-9(13)11(10)12(14)15/h3-5H,2,6-8H2,1H3,(H3,14,15). The summed E-state index contributed by atoms with van der Waals surface area (Å²) in [7, 11) is 0. The summed E-state index contributed by atoms with van der Waals surface area (Å²) in [5, 5.41) is 7.87. The topological polar surface area (TPSA) is 68.3 Å². The van der Waals surface area contributed by atoms with Crippen molar-refractivity contribution >= 4 is 17.4 Å². The van der Waals surface area contributed by atoms with Crippen molar-refractivity contribution in [3.8, 4) is 5.75 Å². The lowest BCUT2D eigenvalue weighted by molar-refractivity contribution is 0.101. The van der Waals surface area contributed by atoms with Gasteiger partial charge in [-0.3, -0.25) is 5.41 Å². The molecule has 0 spiro atoms. The van der Waals surface area contributed by atoms with Gasteiger partial charge in [0, 0.05) is 6.61 Å². The van der Waals surface area contributed by atoms with Gasteiger partial charge in [0.05, 0.1) is 17.2 Å². The Hall–Kier alpha value is -1.26. The Balaban J connectivity index is 2.58. The largest absolute Gasteiger partial charge is 0.490 e. The average molecular weight is 257 g/mol. The van der Waals surface area contributed by atoms with Crippen molar-refractivity contribution in [3.63, 3.8) is 0 Å². The average Bonchev–Trinajstić information content (AvgIpc) is 2.28. The van der Waals surface area contributed by atoms with E-state index >= 15 is 0 Å². The lowest BCUT2D eigenvalue weighted by Crippen LogP contribution is -2.15. The summed E-state index contributed by atoms with van der Waals surface area (Å²) < 4.78 is 10.8. The van der Waals surface area contributed by atoms with Crippen molar-refractivity contribution in [2.24, 2.45) is 5.73 Å². The molecular weight excluding hydrogens is 240 g/mol. The highest BCUT2D eigenvalue weighted by Crippen LogP contribution is 2.25. The van der Waals surface area contributed by atoms with Crippen LogP contribution < -0.4 is 10.5 Å². The maximum Gasteiger partial charge on any atom is 0.131 e. The molecule has 0 aliphatic rings. The van der Waals surface area contributed by atoms with Gasteiger partial charge in [-0.05, 0) is 18.6 Å². The number of hydrogen-bond acceptors (Lipinski definition) is 3. The van der Waals surface area contributed by atoms with E-state index < -0.39 is 0 Å². The van der Waals surface area contributed by atoms with E-state index in [1.165, 1.54) is 0 Å². The summed E-state index contributed by atoms with van der Waals surface area (Å²) in [6, 6.07) is 5.18. The van der Waals surface area contributed by atoms with E-state index in [2.05, 4.69) is 0 Å². The Bertz CT molecular complexity index is 383. The van der Waals surface area contributed by atoms with Crippen LogP contribution in [0.5, 0.6) is 5.75 Å². The highest BCUT2D eigenvalue weighted by Gasteiger charge is 2.10. The van der Waals surface area contributed by atoms with Crippen molar-refractivity contribution in [1.82, 2.24) is 0 Å². The first-order chi connectivity index (χ1) is 8.16. The van der Waals surface area contributed by atoms with Gasteiger partial charge >= 0.3 is 0 Å². The predicted octanol–water partition coefficient (Wildman–Crippen LogP) is 2.43. The highest BCUT2D eigenvalue weighted by molar-refractivity contribution is 6.34. The van der Waals surface area contributed by atoms with Gasteiger partial charge in [0.25, 0.3) is 0 Å². The number of rotatable bonds is 7. The fourth-order valence-corrected chi connectivity index (χ4v) is 1.61. The molecule has 0 atom stereocenters. The van der Waals surface area contributed by atoms with Crippen LogP contribution >= 0.6 is 11.6 Å². The number of nitrogen functional groups attached to an aromatic ring is 1. The molecule has 0 heterocycles. The first-order valence-electron chi connectivity index (χ1n) is 5.50. The van der Waals surface area contributed by atoms with Gasteiger partial charge in [-0.25, -0.2) is 0 Å². The van der Waals surface area contributed by atoms with Crippen molar-refractivity contribution in [2.45, 2.75) is 13.3 Å². The minimum atomic E-state index is -0.0972. The number of nitrogens with one attached hydrogen (secondary N) is 1. The Kier molecular flexibility index (Phi) is 5.80. The molecule has 0 saturated carbocycles. The first-order valence-corrected chi connectivity index (χ1v) is 5.88. The van der Waals surface area contributed by atoms with Crippen LogP contribution in [-0.4, -0.2) is 25.7 Å². The van der Waals surface area contributed by atoms with Crippen molar-refractivity contribution in [2.75, 3.05) is 19.8 Å². The van der Waals surface area contributed by atoms with Gasteiger partial charge in [0.15, 0.2) is 0 Å². The molecule has 17 heavy (non-hydrogen) atoms. The third kappa shape index (κ3) is 4.24. The van der Waals surface area contributed by atoms with E-state index in [-0.39, 0.29) is 5.84 Å². The van der Waals surface area contributed by atoms with Crippen LogP contribution in [0, 0.1) is 5.41 Å². The third-order valence-electron chi connectivity index (χ3n) is 2.08. The SMILES string of the molecule is CCCOCCOc1cccc(Cl)c1C(=N)N. The number of benzene rings is 1. The molecule has 0 amide bonds. The molecule has 1 rings (SSSR count). The maximum absolute atomic E-state index is 7.45. The van der Waals surface area contributed by atoms with Gasteiger partial charge in [-0.15, -0.1) is 0 Å². The Morgan fingerprint density at radius 3 is 2.76 bits per heavy atom. The summed E-state index contributed by atoms with van der Waals surface area (Å²) in [5.74, 6) is 0.421. The number of hydrogen-bond donors (Lipinski definition) is 2. The highest BCUT2D eigenvalue weighted by atomic mass is 35.5. The zero-order valence-corrected chi connectivity index (χ0v) is 10.6. The maximum atomic E-state index is 7.45. The smallest absolute Gasteiger partial charge is 0.131 e. The van der Waals surface area contributed by atoms with Gasteiger partial charge in [-0.1, -0.05) is 24.6 Å². The summed E-state index contributed by atoms with van der Waals surface area (Å²) in [6.45, 7) is 3.70. The number of ether oxygens (including phenoxy) is 2. The van der Waals surface area contributed by atoms with E-state index in [9.17, 15) is 0 Å². The summed E-state index contributed by atoms with van der Waals surface area (Å²) in [4.78, 5) is 0. The Morgan fingerprint density at radius 2 is 2.12 bits per heavy atom. The number of amidine groups is 1. The fraction of sp³-hybridized carbons (Fsp3) is 0.417. The van der Waals surface area contributed by atoms with Crippen LogP contribution in [0.4, 0.5) is 0 Å². The molecule has 0 radical (unpaired) electrons. The molecule has 0 saturated heterocycles. The second-order valence-electron chi connectivity index (χ2n) is 3.49. The van der Waals surface area contributed by atoms with Crippen LogP contribution in [0.25, 0.3) is 0 Å². The van der Waals surface area contributed by atoms with E-state index in [0.717, 1.165) is 13.0 Å². The van der Waals surface area contributed by atoms with Gasteiger partial charge in [0.2, 0.25) is 0 Å². The van der Waals surface area contributed by atoms with Gasteiger partial charge in [0.1, 0.15) is 18.2 Å². The second kappa shape index (κ2) is 7.14. The van der Waals surface area contributed by atoms with E-state index in [1.54, 1.807) is 18.2 Å². The minimum absolute atomic E-state index is 0.0972. The molecule has 4 nitrogen and oxygen atoms in total. The summed E-state index contributed by atoms with van der Waals surface area (Å²) >= 11 is 5.95. The van der Waals surface area contributed by atoms with Crippen LogP contribution in [-0.2, 0) is 4.74 Å². The van der Waals surface area contributed by atoms with Crippen LogP contribution in [0.15, 0.2) is 18.2 Å². The number of nitrogens with two attached hydrogens (primary N) is 1. The molecule has 5 heteroatoms. The molecule has 0 bridgehead atoms. The Morgan fingerprint density at radius 1 is 1.35 bits per heavy atom. The van der Waals surface area contributed by atoms with Crippen molar-refractivity contribution in [3.05, 3.63) is 28.8 Å². The second-order valence-corrected chi connectivity index (χ2v) is 3.89. The zero-order chi connectivity index (χ0) is 12.7. The van der Waals surface area contributed by atoms with E-state index in [0.29, 0.717) is 29.5 Å². The molecule has 1 aromatic rings. The molecule has 0 aromatic heterocycles. The molecule has 94 valence electrons. The van der Waals surface area contributed by atoms with Gasteiger partial charge in [-0.2, -0.15) is 0 Å². The molecule has 0 unspecified atom stereocenters. The lowest BCUT2D eigenvalue weighted by atomic mass is 10.2. The molecule has 0 aliphatic heterocycles. The van der Waals surface area contributed by atoms with E-state index in [1.807, 2.05) is 6.92 Å². The minimum Gasteiger partial charge on any atom is -0.490 e. The van der Waals surface area contributed by atoms with Crippen LogP contribution in [0.1, 0.15) is 18.9 Å². The fourth-order valence-electron chi connectivity index (χ4n) is 1.34. The molecule has 3 N–H and O–H groups in total.